The van der Waals surface area contributed by atoms with Crippen LogP contribution in [0, 0.1) is 11.8 Å². The maximum absolute atomic E-state index is 14.7. The van der Waals surface area contributed by atoms with Crippen LogP contribution in [0.25, 0.3) is 10.1 Å². The minimum atomic E-state index is -4.46. The molecule has 2 aromatic rings. The van der Waals surface area contributed by atoms with Gasteiger partial charge in [-0.15, -0.1) is 11.3 Å². The molecule has 1 saturated heterocycles. The molecule has 2 heterocycles. The van der Waals surface area contributed by atoms with Crippen LogP contribution in [0.4, 0.5) is 23.2 Å². The smallest absolute Gasteiger partial charge is 0.384 e. The van der Waals surface area contributed by atoms with E-state index in [-0.39, 0.29) is 27.6 Å². The number of aliphatic hydroxyl groups excluding tert-OH is 1. The van der Waals surface area contributed by atoms with Crippen molar-refractivity contribution < 1.29 is 22.7 Å². The molecule has 158 valence electrons. The molecule has 0 saturated carbocycles. The summed E-state index contributed by atoms with van der Waals surface area (Å²) in [6, 6.07) is 4.90. The maximum atomic E-state index is 14.7. The van der Waals surface area contributed by atoms with Crippen LogP contribution in [0.1, 0.15) is 25.1 Å². The normalized spacial score (nSPS) is 20.7. The predicted molar refractivity (Wildman–Crippen MR) is 111 cm³/mol. The van der Waals surface area contributed by atoms with Crippen LogP contribution < -0.4 is 5.32 Å². The first kappa shape index (κ1) is 22.2. The van der Waals surface area contributed by atoms with Gasteiger partial charge in [-0.3, -0.25) is 4.90 Å². The van der Waals surface area contributed by atoms with Gasteiger partial charge in [0.05, 0.1) is 26.2 Å². The molecule has 3 nitrogen and oxygen atoms in total. The summed E-state index contributed by atoms with van der Waals surface area (Å²) in [4.78, 5) is 2.35. The van der Waals surface area contributed by atoms with Gasteiger partial charge < -0.3 is 10.4 Å². The summed E-state index contributed by atoms with van der Waals surface area (Å²) >= 11 is 0.916. The SMILES string of the molecule is CC(C)N1CC[C@@H](Nc2cccc3c(SC(F)(F)F)c(C#CCO)sc23)[C@@H](F)C1. The highest BCUT2D eigenvalue weighted by molar-refractivity contribution is 8.00. The molecule has 1 aliphatic heterocycles. The molecular formula is C20H22F4N2OS2. The van der Waals surface area contributed by atoms with Crippen LogP contribution in [-0.4, -0.2) is 53.5 Å². The first-order valence-corrected chi connectivity index (χ1v) is 10.9. The lowest BCUT2D eigenvalue weighted by molar-refractivity contribution is -0.0327. The molecule has 1 fully saturated rings. The number of rotatable bonds is 4. The number of hydrogen-bond acceptors (Lipinski definition) is 5. The number of benzene rings is 1. The molecule has 3 rings (SSSR count). The third-order valence-corrected chi connectivity index (χ3v) is 6.96. The molecule has 2 atom stereocenters. The standard InChI is InChI=1S/C20H22F4N2OS2/c1-12(2)26-9-8-15(14(21)11-26)25-16-6-3-5-13-18(16)28-17(7-4-10-27)19(13)29-20(22,23)24/h3,5-6,12,14-15,25,27H,8-11H2,1-2H3/t14-,15+/m0/s1. The minimum Gasteiger partial charge on any atom is -0.384 e. The fourth-order valence-electron chi connectivity index (χ4n) is 3.39. The van der Waals surface area contributed by atoms with E-state index in [1.807, 2.05) is 13.8 Å². The van der Waals surface area contributed by atoms with Crippen LogP contribution in [0.15, 0.2) is 23.1 Å². The van der Waals surface area contributed by atoms with Crippen molar-refractivity contribution in [1.82, 2.24) is 4.90 Å². The highest BCUT2D eigenvalue weighted by Gasteiger charge is 2.33. The molecule has 29 heavy (non-hydrogen) atoms. The number of likely N-dealkylation sites (tertiary alicyclic amines) is 1. The summed E-state index contributed by atoms with van der Waals surface area (Å²) < 4.78 is 54.6. The highest BCUT2D eigenvalue weighted by atomic mass is 32.2. The summed E-state index contributed by atoms with van der Waals surface area (Å²) in [5.41, 5.74) is -3.85. The largest absolute Gasteiger partial charge is 0.446 e. The number of nitrogens with one attached hydrogen (secondary N) is 1. The van der Waals surface area contributed by atoms with Crippen LogP contribution >= 0.6 is 23.1 Å². The van der Waals surface area contributed by atoms with Gasteiger partial charge in [0.15, 0.2) is 0 Å². The Morgan fingerprint density at radius 2 is 2.14 bits per heavy atom. The zero-order chi connectivity index (χ0) is 21.2. The number of aliphatic hydroxyl groups is 1. The average molecular weight is 447 g/mol. The van der Waals surface area contributed by atoms with Crippen molar-refractivity contribution in [1.29, 1.82) is 0 Å². The van der Waals surface area contributed by atoms with Crippen molar-refractivity contribution in [3.8, 4) is 11.8 Å². The Hall–Kier alpha value is -1.47. The van der Waals surface area contributed by atoms with E-state index in [9.17, 15) is 17.6 Å². The molecule has 1 aromatic heterocycles. The number of nitrogens with zero attached hydrogens (tertiary/aromatic N) is 1. The van der Waals surface area contributed by atoms with Crippen molar-refractivity contribution in [2.75, 3.05) is 25.0 Å². The molecule has 1 aliphatic rings. The van der Waals surface area contributed by atoms with Gasteiger partial charge in [-0.25, -0.2) is 4.39 Å². The molecule has 0 bridgehead atoms. The van der Waals surface area contributed by atoms with Crippen LogP contribution in [-0.2, 0) is 0 Å². The maximum Gasteiger partial charge on any atom is 0.446 e. The van der Waals surface area contributed by atoms with Crippen molar-refractivity contribution in [3.05, 3.63) is 23.1 Å². The van der Waals surface area contributed by atoms with E-state index in [1.54, 1.807) is 18.2 Å². The summed E-state index contributed by atoms with van der Waals surface area (Å²) in [5.74, 6) is 5.05. The molecule has 1 aromatic carbocycles. The van der Waals surface area contributed by atoms with E-state index in [2.05, 4.69) is 22.1 Å². The molecule has 2 N–H and O–H groups in total. The van der Waals surface area contributed by atoms with Crippen LogP contribution in [0.5, 0.6) is 0 Å². The van der Waals surface area contributed by atoms with Crippen LogP contribution in [0.3, 0.4) is 0 Å². The van der Waals surface area contributed by atoms with Gasteiger partial charge in [-0.1, -0.05) is 24.0 Å². The molecule has 0 unspecified atom stereocenters. The van der Waals surface area contributed by atoms with Gasteiger partial charge in [-0.2, -0.15) is 13.2 Å². The molecule has 0 aliphatic carbocycles. The van der Waals surface area contributed by atoms with Gasteiger partial charge in [-0.05, 0) is 38.1 Å². The van der Waals surface area contributed by atoms with Gasteiger partial charge >= 0.3 is 5.51 Å². The highest BCUT2D eigenvalue weighted by Crippen LogP contribution is 2.47. The molecule has 0 amide bonds. The zero-order valence-corrected chi connectivity index (χ0v) is 17.6. The topological polar surface area (TPSA) is 35.5 Å². The van der Waals surface area contributed by atoms with Gasteiger partial charge in [0.25, 0.3) is 0 Å². The number of alkyl halides is 4. The first-order chi connectivity index (χ1) is 13.7. The van der Waals surface area contributed by atoms with E-state index in [0.29, 0.717) is 28.7 Å². The number of fused-ring (bicyclic) bond motifs is 1. The Labute approximate surface area is 175 Å². The van der Waals surface area contributed by atoms with E-state index in [4.69, 9.17) is 5.11 Å². The molecule has 0 spiro atoms. The monoisotopic (exact) mass is 446 g/mol. The van der Waals surface area contributed by atoms with E-state index in [0.717, 1.165) is 17.9 Å². The van der Waals surface area contributed by atoms with Crippen LogP contribution in [0.2, 0.25) is 0 Å². The molecule has 0 radical (unpaired) electrons. The number of piperidine rings is 1. The van der Waals surface area contributed by atoms with Gasteiger partial charge in [0, 0.05) is 24.5 Å². The summed E-state index contributed by atoms with van der Waals surface area (Å²) in [6.07, 6.45) is -0.457. The zero-order valence-electron chi connectivity index (χ0n) is 16.0. The Balaban J connectivity index is 1.93. The third-order valence-electron chi connectivity index (χ3n) is 4.81. The second-order valence-electron chi connectivity index (χ2n) is 7.09. The summed E-state index contributed by atoms with van der Waals surface area (Å²) in [5, 5.41) is 12.6. The van der Waals surface area contributed by atoms with Crippen molar-refractivity contribution in [3.63, 3.8) is 0 Å². The third kappa shape index (κ3) is 5.37. The van der Waals surface area contributed by atoms with Gasteiger partial charge in [0.1, 0.15) is 12.8 Å². The summed E-state index contributed by atoms with van der Waals surface area (Å²) in [6.45, 7) is 4.72. The number of halogens is 4. The van der Waals surface area contributed by atoms with E-state index >= 15 is 0 Å². The Morgan fingerprint density at radius 3 is 2.76 bits per heavy atom. The van der Waals surface area contributed by atoms with E-state index in [1.165, 1.54) is 0 Å². The lowest BCUT2D eigenvalue weighted by Crippen LogP contribution is -2.50. The number of thioether (sulfide) groups is 1. The Bertz CT molecular complexity index is 917. The number of anilines is 1. The quantitative estimate of drug-likeness (QED) is 0.390. The molecule has 9 heteroatoms. The van der Waals surface area contributed by atoms with Gasteiger partial charge in [0.2, 0.25) is 0 Å². The minimum absolute atomic E-state index is 0.0218. The summed E-state index contributed by atoms with van der Waals surface area (Å²) in [7, 11) is 0. The molecular weight excluding hydrogens is 424 g/mol. The second kappa shape index (κ2) is 9.13. The second-order valence-corrected chi connectivity index (χ2v) is 9.19. The Morgan fingerprint density at radius 1 is 1.38 bits per heavy atom. The lowest BCUT2D eigenvalue weighted by atomic mass is 10.0. The fourth-order valence-corrected chi connectivity index (χ4v) is 5.41. The first-order valence-electron chi connectivity index (χ1n) is 9.25. The van der Waals surface area contributed by atoms with Crippen molar-refractivity contribution in [2.24, 2.45) is 0 Å². The van der Waals surface area contributed by atoms with E-state index < -0.39 is 24.3 Å². The average Bonchev–Trinajstić information content (AvgIpc) is 2.98. The van der Waals surface area contributed by atoms with Crippen molar-refractivity contribution >= 4 is 38.9 Å². The number of thiophene rings is 1. The number of hydrogen-bond donors (Lipinski definition) is 2. The Kier molecular flexibility index (Phi) is 6.99. The predicted octanol–water partition coefficient (Wildman–Crippen LogP) is 5.09. The fraction of sp³-hybridized carbons (Fsp3) is 0.500. The lowest BCUT2D eigenvalue weighted by Gasteiger charge is -2.37. The van der Waals surface area contributed by atoms with Crippen molar-refractivity contribution in [2.45, 2.75) is 48.9 Å².